The van der Waals surface area contributed by atoms with Crippen LogP contribution in [0, 0.1) is 11.6 Å². The highest BCUT2D eigenvalue weighted by Crippen LogP contribution is 2.30. The highest BCUT2D eigenvalue weighted by molar-refractivity contribution is 7.99. The van der Waals surface area contributed by atoms with Gasteiger partial charge in [-0.3, -0.25) is 10.1 Å². The van der Waals surface area contributed by atoms with Crippen LogP contribution in [0.4, 0.5) is 27.1 Å². The van der Waals surface area contributed by atoms with E-state index in [1.165, 1.54) is 29.8 Å². The van der Waals surface area contributed by atoms with Crippen LogP contribution < -0.4 is 5.32 Å². The number of amides is 1. The zero-order valence-electron chi connectivity index (χ0n) is 13.8. The first-order chi connectivity index (χ1) is 13.2. The van der Waals surface area contributed by atoms with Gasteiger partial charge in [-0.1, -0.05) is 11.8 Å². The molecule has 3 rings (SSSR count). The monoisotopic (exact) mass is 431 g/mol. The molecule has 0 aliphatic heterocycles. The summed E-state index contributed by atoms with van der Waals surface area (Å²) in [6.07, 6.45) is -3.11. The van der Waals surface area contributed by atoms with Gasteiger partial charge in [-0.25, -0.2) is 18.7 Å². The molecule has 0 radical (unpaired) electrons. The van der Waals surface area contributed by atoms with E-state index in [1.54, 1.807) is 0 Å². The number of pyridine rings is 1. The Bertz CT molecular complexity index is 1010. The summed E-state index contributed by atoms with van der Waals surface area (Å²) in [4.78, 5) is 20.4. The van der Waals surface area contributed by atoms with E-state index < -0.39 is 29.5 Å². The first kappa shape index (κ1) is 20.2. The smallest absolute Gasteiger partial charge is 0.298 e. The van der Waals surface area contributed by atoms with Crippen LogP contribution >= 0.6 is 23.1 Å². The number of carbonyl (C=O) groups is 1. The number of halogens is 5. The van der Waals surface area contributed by atoms with E-state index in [0.29, 0.717) is 23.0 Å². The molecule has 0 saturated heterocycles. The molecular formula is C17H10F5N3OS2. The molecule has 0 aliphatic carbocycles. The van der Waals surface area contributed by atoms with Crippen molar-refractivity contribution in [3.8, 4) is 11.3 Å². The summed E-state index contributed by atoms with van der Waals surface area (Å²) >= 11 is 1.44. The number of carbonyl (C=O) groups excluding carboxylic acids is 1. The number of thioether (sulfide) groups is 1. The minimum atomic E-state index is -4.40. The van der Waals surface area contributed by atoms with Crippen LogP contribution in [0.25, 0.3) is 11.3 Å². The number of nitrogens with one attached hydrogen (secondary N) is 1. The molecule has 1 N–H and O–H groups in total. The highest BCUT2D eigenvalue weighted by Gasteiger charge is 2.28. The molecule has 146 valence electrons. The molecule has 1 aromatic carbocycles. The van der Waals surface area contributed by atoms with Crippen LogP contribution in [-0.2, 0) is 0 Å². The van der Waals surface area contributed by atoms with E-state index in [0.717, 1.165) is 23.5 Å². The Kier molecular flexibility index (Phi) is 5.94. The van der Waals surface area contributed by atoms with Gasteiger partial charge in [0.05, 0.1) is 17.0 Å². The molecule has 0 saturated carbocycles. The molecule has 2 heterocycles. The number of hydrogen-bond acceptors (Lipinski definition) is 5. The van der Waals surface area contributed by atoms with Gasteiger partial charge in [0.1, 0.15) is 5.03 Å². The van der Waals surface area contributed by atoms with Crippen molar-refractivity contribution >= 4 is 34.1 Å². The first-order valence-electron chi connectivity index (χ1n) is 7.60. The maximum Gasteiger partial charge on any atom is 0.398 e. The predicted octanol–water partition coefficient (Wildman–Crippen LogP) is 5.39. The second kappa shape index (κ2) is 8.23. The summed E-state index contributed by atoms with van der Waals surface area (Å²) in [6, 6.07) is 6.06. The predicted molar refractivity (Wildman–Crippen MR) is 96.4 cm³/mol. The molecule has 2 aromatic heterocycles. The number of benzene rings is 1. The number of alkyl halides is 3. The minimum Gasteiger partial charge on any atom is -0.298 e. The number of hydrogen-bond donors (Lipinski definition) is 1. The molecule has 0 bridgehead atoms. The molecule has 0 fully saturated rings. The topological polar surface area (TPSA) is 54.9 Å². The summed E-state index contributed by atoms with van der Waals surface area (Å²) in [5.74, 6) is -3.88. The number of aromatic nitrogens is 2. The largest absolute Gasteiger partial charge is 0.398 e. The quantitative estimate of drug-likeness (QED) is 0.435. The summed E-state index contributed by atoms with van der Waals surface area (Å²) < 4.78 is 63.7. The Balaban J connectivity index is 1.75. The van der Waals surface area contributed by atoms with Crippen LogP contribution in [-0.4, -0.2) is 27.8 Å². The number of rotatable bonds is 5. The second-order valence-corrected chi connectivity index (χ2v) is 7.20. The van der Waals surface area contributed by atoms with Crippen LogP contribution in [0.2, 0.25) is 0 Å². The highest BCUT2D eigenvalue weighted by atomic mass is 32.2. The lowest BCUT2D eigenvalue weighted by atomic mass is 10.2. The van der Waals surface area contributed by atoms with Crippen molar-refractivity contribution in [1.82, 2.24) is 9.97 Å². The van der Waals surface area contributed by atoms with Gasteiger partial charge >= 0.3 is 6.18 Å². The molecular weight excluding hydrogens is 421 g/mol. The maximum atomic E-state index is 13.3. The third-order valence-corrected chi connectivity index (χ3v) is 5.16. The third-order valence-electron chi connectivity index (χ3n) is 3.33. The normalized spacial score (nSPS) is 11.5. The number of nitrogens with zero attached hydrogens (tertiary/aromatic N) is 2. The summed E-state index contributed by atoms with van der Waals surface area (Å²) in [5.41, 5.74) is 0.608. The van der Waals surface area contributed by atoms with Crippen LogP contribution in [0.3, 0.4) is 0 Å². The molecule has 4 nitrogen and oxygen atoms in total. The van der Waals surface area contributed by atoms with Crippen molar-refractivity contribution in [2.24, 2.45) is 0 Å². The van der Waals surface area contributed by atoms with Gasteiger partial charge in [-0.2, -0.15) is 13.2 Å². The van der Waals surface area contributed by atoms with E-state index in [4.69, 9.17) is 0 Å². The van der Waals surface area contributed by atoms with Gasteiger partial charge in [0.25, 0.3) is 5.91 Å². The Labute approximate surface area is 163 Å². The van der Waals surface area contributed by atoms with Gasteiger partial charge < -0.3 is 0 Å². The van der Waals surface area contributed by atoms with E-state index >= 15 is 0 Å². The Morgan fingerprint density at radius 2 is 1.96 bits per heavy atom. The van der Waals surface area contributed by atoms with Gasteiger partial charge in [-0.15, -0.1) is 11.3 Å². The van der Waals surface area contributed by atoms with Crippen molar-refractivity contribution in [3.05, 3.63) is 59.1 Å². The summed E-state index contributed by atoms with van der Waals surface area (Å²) in [5, 5.41) is 4.10. The van der Waals surface area contributed by atoms with Gasteiger partial charge in [-0.05, 0) is 30.3 Å². The average molecular weight is 431 g/mol. The maximum absolute atomic E-state index is 13.3. The molecule has 0 aliphatic rings. The fourth-order valence-corrected chi connectivity index (χ4v) is 3.58. The summed E-state index contributed by atoms with van der Waals surface area (Å²) in [7, 11) is 0. The van der Waals surface area contributed by atoms with Crippen LogP contribution in [0.1, 0.15) is 10.4 Å². The van der Waals surface area contributed by atoms with E-state index in [-0.39, 0.29) is 15.7 Å². The van der Waals surface area contributed by atoms with Crippen molar-refractivity contribution < 1.29 is 26.7 Å². The number of anilines is 1. The molecule has 0 atom stereocenters. The third kappa shape index (κ3) is 5.04. The fourth-order valence-electron chi connectivity index (χ4n) is 2.11. The molecule has 0 spiro atoms. The van der Waals surface area contributed by atoms with Gasteiger partial charge in [0.15, 0.2) is 16.8 Å². The second-order valence-electron chi connectivity index (χ2n) is 5.38. The first-order valence-corrected chi connectivity index (χ1v) is 9.46. The lowest BCUT2D eigenvalue weighted by Gasteiger charge is -2.09. The zero-order chi connectivity index (χ0) is 20.3. The minimum absolute atomic E-state index is 0.0265. The zero-order valence-corrected chi connectivity index (χ0v) is 15.4. The molecule has 3 aromatic rings. The fraction of sp³-hybridized carbons (Fsp3) is 0.118. The number of thiazole rings is 1. The lowest BCUT2D eigenvalue weighted by Crippen LogP contribution is -2.15. The SMILES string of the molecule is O=C(Nc1nc(-c2ccc(F)c(F)c2)cs1)c1cccnc1SCC(F)(F)F. The Hall–Kier alpha value is -2.53. The van der Waals surface area contributed by atoms with Crippen LogP contribution in [0.5, 0.6) is 0 Å². The van der Waals surface area contributed by atoms with Crippen LogP contribution in [0.15, 0.2) is 46.9 Å². The van der Waals surface area contributed by atoms with Gasteiger partial charge in [0, 0.05) is 17.1 Å². The van der Waals surface area contributed by atoms with Crippen molar-refractivity contribution in [3.63, 3.8) is 0 Å². The van der Waals surface area contributed by atoms with Crippen molar-refractivity contribution in [1.29, 1.82) is 0 Å². The van der Waals surface area contributed by atoms with E-state index in [9.17, 15) is 26.7 Å². The van der Waals surface area contributed by atoms with E-state index in [2.05, 4.69) is 15.3 Å². The van der Waals surface area contributed by atoms with Gasteiger partial charge in [0.2, 0.25) is 0 Å². The molecule has 11 heteroatoms. The Morgan fingerprint density at radius 1 is 1.18 bits per heavy atom. The summed E-state index contributed by atoms with van der Waals surface area (Å²) in [6.45, 7) is 0. The van der Waals surface area contributed by atoms with Crippen molar-refractivity contribution in [2.75, 3.05) is 11.1 Å². The Morgan fingerprint density at radius 3 is 2.68 bits per heavy atom. The average Bonchev–Trinajstić information content (AvgIpc) is 3.10. The molecule has 1 amide bonds. The lowest BCUT2D eigenvalue weighted by molar-refractivity contribution is -0.105. The molecule has 0 unspecified atom stereocenters. The van der Waals surface area contributed by atoms with E-state index in [1.807, 2.05) is 0 Å². The standard InChI is InChI=1S/C17H10F5N3OS2/c18-11-4-3-9(6-12(11)19)13-7-27-16(24-13)25-14(26)10-2-1-5-23-15(10)28-8-17(20,21)22/h1-7H,8H2,(H,24,25,26). The molecule has 28 heavy (non-hydrogen) atoms. The van der Waals surface area contributed by atoms with Crippen molar-refractivity contribution in [2.45, 2.75) is 11.2 Å².